The molecule has 0 bridgehead atoms. The first-order valence-corrected chi connectivity index (χ1v) is 5.21. The summed E-state index contributed by atoms with van der Waals surface area (Å²) in [5.74, 6) is 0.510. The van der Waals surface area contributed by atoms with Gasteiger partial charge in [-0.15, -0.1) is 0 Å². The predicted molar refractivity (Wildman–Crippen MR) is 57.9 cm³/mol. The molecule has 0 aromatic rings. The van der Waals surface area contributed by atoms with Gasteiger partial charge in [-0.2, -0.15) is 0 Å². The summed E-state index contributed by atoms with van der Waals surface area (Å²) >= 11 is 0. The molecule has 2 heteroatoms. The Balaban J connectivity index is 2.61. The second-order valence-electron chi connectivity index (χ2n) is 3.71. The van der Waals surface area contributed by atoms with E-state index in [2.05, 4.69) is 4.99 Å². The fraction of sp³-hybridized carbons (Fsp3) is 0.727. The van der Waals surface area contributed by atoms with E-state index in [1.807, 2.05) is 13.3 Å². The van der Waals surface area contributed by atoms with Crippen LogP contribution >= 0.6 is 0 Å². The van der Waals surface area contributed by atoms with Gasteiger partial charge in [0.05, 0.1) is 0 Å². The Morgan fingerprint density at radius 1 is 1.31 bits per heavy atom. The summed E-state index contributed by atoms with van der Waals surface area (Å²) in [6.07, 6.45) is 11.5. The fourth-order valence-electron chi connectivity index (χ4n) is 1.97. The van der Waals surface area contributed by atoms with Gasteiger partial charge < -0.3 is 10.7 Å². The lowest BCUT2D eigenvalue weighted by Gasteiger charge is -2.18. The largest absolute Gasteiger partial charge is 0.405 e. The maximum atomic E-state index is 5.62. The van der Waals surface area contributed by atoms with Crippen molar-refractivity contribution in [3.8, 4) is 0 Å². The van der Waals surface area contributed by atoms with Crippen LogP contribution in [0, 0.1) is 5.92 Å². The molecule has 0 radical (unpaired) electrons. The van der Waals surface area contributed by atoms with Crippen molar-refractivity contribution >= 4 is 6.21 Å². The summed E-state index contributed by atoms with van der Waals surface area (Å²) in [4.78, 5) is 4.11. The molecule has 1 atom stereocenters. The van der Waals surface area contributed by atoms with Gasteiger partial charge in [0.2, 0.25) is 0 Å². The Bertz CT molecular complexity index is 194. The molecule has 0 aromatic carbocycles. The number of rotatable bonds is 1. The predicted octanol–water partition coefficient (Wildman–Crippen LogP) is 2.50. The minimum Gasteiger partial charge on any atom is -0.405 e. The molecule has 0 spiro atoms. The normalized spacial score (nSPS) is 29.0. The smallest absolute Gasteiger partial charge is 0.0273 e. The molecule has 1 aliphatic carbocycles. The molecule has 0 aromatic heterocycles. The second-order valence-corrected chi connectivity index (χ2v) is 3.71. The molecule has 1 fully saturated rings. The molecule has 74 valence electrons. The molecule has 2 N–H and O–H groups in total. The maximum Gasteiger partial charge on any atom is 0.0273 e. The zero-order chi connectivity index (χ0) is 9.52. The lowest BCUT2D eigenvalue weighted by molar-refractivity contribution is 0.531. The first kappa shape index (κ1) is 10.3. The van der Waals surface area contributed by atoms with E-state index in [9.17, 15) is 0 Å². The van der Waals surface area contributed by atoms with Crippen LogP contribution in [-0.2, 0) is 0 Å². The van der Waals surface area contributed by atoms with Gasteiger partial charge in [0.15, 0.2) is 0 Å². The molecule has 2 nitrogen and oxygen atoms in total. The summed E-state index contributed by atoms with van der Waals surface area (Å²) in [6, 6.07) is 0. The molecule has 1 aliphatic rings. The van der Waals surface area contributed by atoms with Gasteiger partial charge in [0, 0.05) is 19.2 Å². The topological polar surface area (TPSA) is 38.4 Å². The van der Waals surface area contributed by atoms with Crippen LogP contribution in [0.1, 0.15) is 38.5 Å². The summed E-state index contributed by atoms with van der Waals surface area (Å²) in [6.45, 7) is 0. The van der Waals surface area contributed by atoms with Gasteiger partial charge in [0.25, 0.3) is 0 Å². The van der Waals surface area contributed by atoms with E-state index in [4.69, 9.17) is 5.73 Å². The van der Waals surface area contributed by atoms with Crippen LogP contribution in [0.2, 0.25) is 0 Å². The van der Waals surface area contributed by atoms with Crippen molar-refractivity contribution in [1.82, 2.24) is 0 Å². The molecule has 1 saturated carbocycles. The van der Waals surface area contributed by atoms with Gasteiger partial charge >= 0.3 is 0 Å². The summed E-state index contributed by atoms with van der Waals surface area (Å²) in [5, 5.41) is 0. The molecule has 0 heterocycles. The molecule has 1 unspecified atom stereocenters. The van der Waals surface area contributed by atoms with Crippen LogP contribution in [0.15, 0.2) is 16.8 Å². The zero-order valence-corrected chi connectivity index (χ0v) is 8.50. The Hall–Kier alpha value is -0.790. The quantitative estimate of drug-likeness (QED) is 0.619. The number of nitrogens with two attached hydrogens (primary N) is 1. The van der Waals surface area contributed by atoms with Crippen LogP contribution in [0.25, 0.3) is 0 Å². The van der Waals surface area contributed by atoms with Gasteiger partial charge in [-0.25, -0.2) is 0 Å². The summed E-state index contributed by atoms with van der Waals surface area (Å²) in [5.41, 5.74) is 7.00. The van der Waals surface area contributed by atoms with Crippen molar-refractivity contribution in [3.63, 3.8) is 0 Å². The third kappa shape index (κ3) is 3.21. The maximum absolute atomic E-state index is 5.62. The number of allylic oxidation sites excluding steroid dienone is 1. The monoisotopic (exact) mass is 180 g/mol. The lowest BCUT2D eigenvalue weighted by Crippen LogP contribution is -2.10. The van der Waals surface area contributed by atoms with Gasteiger partial charge in [-0.05, 0) is 31.0 Å². The fourth-order valence-corrected chi connectivity index (χ4v) is 1.97. The van der Waals surface area contributed by atoms with Crippen molar-refractivity contribution in [2.75, 3.05) is 7.05 Å². The average Bonchev–Trinajstić information content (AvgIpc) is 2.10. The number of hydrogen-bond acceptors (Lipinski definition) is 2. The lowest BCUT2D eigenvalue weighted by atomic mass is 9.88. The zero-order valence-electron chi connectivity index (χ0n) is 8.50. The van der Waals surface area contributed by atoms with E-state index < -0.39 is 0 Å². The van der Waals surface area contributed by atoms with Crippen molar-refractivity contribution < 1.29 is 0 Å². The molecule has 0 amide bonds. The highest BCUT2D eigenvalue weighted by atomic mass is 14.6. The SMILES string of the molecule is C/N=C\C1CCCCCC/C1=C/N. The molecular formula is C11H20N2. The van der Waals surface area contributed by atoms with E-state index in [1.54, 1.807) is 6.20 Å². The van der Waals surface area contributed by atoms with Gasteiger partial charge in [-0.3, -0.25) is 0 Å². The molecule has 1 rings (SSSR count). The molecule has 0 saturated heterocycles. The van der Waals surface area contributed by atoms with Crippen LogP contribution in [-0.4, -0.2) is 13.3 Å². The van der Waals surface area contributed by atoms with Crippen molar-refractivity contribution in [2.45, 2.75) is 38.5 Å². The molecule has 13 heavy (non-hydrogen) atoms. The van der Waals surface area contributed by atoms with Crippen LogP contribution in [0.5, 0.6) is 0 Å². The minimum absolute atomic E-state index is 0.510. The van der Waals surface area contributed by atoms with E-state index in [-0.39, 0.29) is 0 Å². The minimum atomic E-state index is 0.510. The Kier molecular flexibility index (Phi) is 4.58. The second kappa shape index (κ2) is 5.79. The number of aliphatic imine (C=N–C) groups is 1. The first-order chi connectivity index (χ1) is 6.38. The first-order valence-electron chi connectivity index (χ1n) is 5.21. The van der Waals surface area contributed by atoms with Crippen molar-refractivity contribution in [2.24, 2.45) is 16.6 Å². The number of nitrogens with zero attached hydrogens (tertiary/aromatic N) is 1. The van der Waals surface area contributed by atoms with Gasteiger partial charge in [-0.1, -0.05) is 19.3 Å². The van der Waals surface area contributed by atoms with E-state index in [1.165, 1.54) is 37.7 Å². The summed E-state index contributed by atoms with van der Waals surface area (Å²) < 4.78 is 0. The highest BCUT2D eigenvalue weighted by molar-refractivity contribution is 5.64. The van der Waals surface area contributed by atoms with Crippen LogP contribution in [0.3, 0.4) is 0 Å². The third-order valence-corrected chi connectivity index (χ3v) is 2.75. The summed E-state index contributed by atoms with van der Waals surface area (Å²) in [7, 11) is 1.84. The van der Waals surface area contributed by atoms with Gasteiger partial charge in [0.1, 0.15) is 0 Å². The Labute approximate surface area is 80.9 Å². The molecular weight excluding hydrogens is 160 g/mol. The highest BCUT2D eigenvalue weighted by Crippen LogP contribution is 2.25. The standard InChI is InChI=1S/C11H20N2/c1-13-9-11-7-5-3-2-4-6-10(11)8-12/h8-9,11H,2-7,12H2,1H3/b10-8-,13-9-. The Morgan fingerprint density at radius 2 is 2.08 bits per heavy atom. The third-order valence-electron chi connectivity index (χ3n) is 2.75. The Morgan fingerprint density at radius 3 is 2.77 bits per heavy atom. The average molecular weight is 180 g/mol. The van der Waals surface area contributed by atoms with Crippen LogP contribution < -0.4 is 5.73 Å². The van der Waals surface area contributed by atoms with E-state index in [0.29, 0.717) is 5.92 Å². The highest BCUT2D eigenvalue weighted by Gasteiger charge is 2.13. The number of hydrogen-bond donors (Lipinski definition) is 1. The van der Waals surface area contributed by atoms with E-state index in [0.717, 1.165) is 6.42 Å². The van der Waals surface area contributed by atoms with E-state index >= 15 is 0 Å². The van der Waals surface area contributed by atoms with Crippen molar-refractivity contribution in [1.29, 1.82) is 0 Å². The molecule has 0 aliphatic heterocycles. The van der Waals surface area contributed by atoms with Crippen molar-refractivity contribution in [3.05, 3.63) is 11.8 Å². The van der Waals surface area contributed by atoms with Crippen LogP contribution in [0.4, 0.5) is 0 Å².